The maximum atomic E-state index is 5.68. The summed E-state index contributed by atoms with van der Waals surface area (Å²) in [5, 5.41) is 5.03. The highest BCUT2D eigenvalue weighted by atomic mass is 16.5. The van der Waals surface area contributed by atoms with Crippen LogP contribution in [-0.4, -0.2) is 17.6 Å². The monoisotopic (exact) mass is 268 g/mol. The Morgan fingerprint density at radius 2 is 2.00 bits per heavy atom. The molecule has 2 aliphatic rings. The van der Waals surface area contributed by atoms with Gasteiger partial charge in [0.25, 0.3) is 0 Å². The van der Waals surface area contributed by atoms with Gasteiger partial charge in [0.15, 0.2) is 0 Å². The first-order valence-electron chi connectivity index (χ1n) is 7.50. The molecule has 2 heterocycles. The minimum atomic E-state index is 0.645. The fraction of sp³-hybridized carbons (Fsp3) is 0.471. The van der Waals surface area contributed by atoms with Crippen LogP contribution in [0.4, 0.5) is 5.69 Å². The molecule has 1 aromatic heterocycles. The first-order valence-corrected chi connectivity index (χ1v) is 7.50. The number of aromatic nitrogens is 1. The van der Waals surface area contributed by atoms with Crippen molar-refractivity contribution in [2.24, 2.45) is 0 Å². The summed E-state index contributed by atoms with van der Waals surface area (Å²) < 4.78 is 5.68. The third-order valence-electron chi connectivity index (χ3n) is 4.39. The van der Waals surface area contributed by atoms with Crippen LogP contribution in [0.5, 0.6) is 0 Å². The highest BCUT2D eigenvalue weighted by Crippen LogP contribution is 2.37. The second kappa shape index (κ2) is 4.45. The molecule has 1 aliphatic carbocycles. The first-order chi connectivity index (χ1) is 9.74. The number of pyridine rings is 1. The molecule has 0 bridgehead atoms. The molecule has 104 valence electrons. The van der Waals surface area contributed by atoms with Gasteiger partial charge in [-0.1, -0.05) is 12.1 Å². The van der Waals surface area contributed by atoms with Crippen LogP contribution in [0.2, 0.25) is 0 Å². The normalized spacial score (nSPS) is 18.1. The molecular weight excluding hydrogens is 248 g/mol. The van der Waals surface area contributed by atoms with Crippen molar-refractivity contribution >= 4 is 16.6 Å². The summed E-state index contributed by atoms with van der Waals surface area (Å²) in [7, 11) is 0. The van der Waals surface area contributed by atoms with Gasteiger partial charge in [-0.3, -0.25) is 4.98 Å². The van der Waals surface area contributed by atoms with E-state index in [4.69, 9.17) is 9.72 Å². The molecule has 3 nitrogen and oxygen atoms in total. The van der Waals surface area contributed by atoms with Gasteiger partial charge in [0.1, 0.15) is 0 Å². The molecule has 1 fully saturated rings. The van der Waals surface area contributed by atoms with Gasteiger partial charge in [0, 0.05) is 23.4 Å². The molecule has 20 heavy (non-hydrogen) atoms. The van der Waals surface area contributed by atoms with Gasteiger partial charge >= 0.3 is 0 Å². The fourth-order valence-electron chi connectivity index (χ4n) is 3.05. The second-order valence-electron chi connectivity index (χ2n) is 6.06. The molecule has 0 spiro atoms. The van der Waals surface area contributed by atoms with E-state index >= 15 is 0 Å². The van der Waals surface area contributed by atoms with Crippen LogP contribution in [0.3, 0.4) is 0 Å². The number of aryl methyl sites for hydroxylation is 2. The summed E-state index contributed by atoms with van der Waals surface area (Å²) in [5.41, 5.74) is 7.51. The van der Waals surface area contributed by atoms with Crippen molar-refractivity contribution in [2.75, 3.05) is 11.9 Å². The Labute approximate surface area is 119 Å². The average molecular weight is 268 g/mol. The third kappa shape index (κ3) is 1.88. The van der Waals surface area contributed by atoms with E-state index in [9.17, 15) is 0 Å². The maximum Gasteiger partial charge on any atom is 0.0758 e. The highest BCUT2D eigenvalue weighted by Gasteiger charge is 2.26. The lowest BCUT2D eigenvalue weighted by atomic mass is 9.97. The SMILES string of the molecule is Cc1ccc(C)c2c(NC3CC3)c3c(nc12)CCOC3. The number of anilines is 1. The van der Waals surface area contributed by atoms with E-state index in [0.29, 0.717) is 12.6 Å². The Morgan fingerprint density at radius 1 is 1.20 bits per heavy atom. The summed E-state index contributed by atoms with van der Waals surface area (Å²) in [6.45, 7) is 5.82. The summed E-state index contributed by atoms with van der Waals surface area (Å²) in [4.78, 5) is 4.94. The standard InChI is InChI=1S/C17H20N2O/c1-10-3-4-11(2)16-15(10)17(18-12-5-6-12)13-9-20-8-7-14(13)19-16/h3-4,12H,5-9H2,1-2H3,(H,18,19). The number of hydrogen-bond donors (Lipinski definition) is 1. The van der Waals surface area contributed by atoms with Crippen molar-refractivity contribution in [3.05, 3.63) is 34.5 Å². The number of fused-ring (bicyclic) bond motifs is 2. The van der Waals surface area contributed by atoms with Crippen LogP contribution in [0.1, 0.15) is 35.2 Å². The molecule has 1 aromatic carbocycles. The van der Waals surface area contributed by atoms with Gasteiger partial charge in [-0.25, -0.2) is 0 Å². The number of ether oxygens (including phenoxy) is 1. The first kappa shape index (κ1) is 12.2. The van der Waals surface area contributed by atoms with Crippen molar-refractivity contribution in [1.82, 2.24) is 4.98 Å². The Balaban J connectivity index is 2.03. The zero-order valence-corrected chi connectivity index (χ0v) is 12.1. The smallest absolute Gasteiger partial charge is 0.0758 e. The number of nitrogens with one attached hydrogen (secondary N) is 1. The van der Waals surface area contributed by atoms with Gasteiger partial charge in [-0.2, -0.15) is 0 Å². The van der Waals surface area contributed by atoms with Crippen molar-refractivity contribution in [2.45, 2.75) is 45.8 Å². The maximum absolute atomic E-state index is 5.68. The molecule has 0 atom stereocenters. The summed E-state index contributed by atoms with van der Waals surface area (Å²) >= 11 is 0. The lowest BCUT2D eigenvalue weighted by Crippen LogP contribution is -2.16. The van der Waals surface area contributed by atoms with Crippen LogP contribution in [0, 0.1) is 13.8 Å². The van der Waals surface area contributed by atoms with E-state index in [1.807, 2.05) is 0 Å². The molecule has 0 saturated heterocycles. The fourth-order valence-corrected chi connectivity index (χ4v) is 3.05. The van der Waals surface area contributed by atoms with Crippen molar-refractivity contribution in [1.29, 1.82) is 0 Å². The van der Waals surface area contributed by atoms with Gasteiger partial charge < -0.3 is 10.1 Å². The van der Waals surface area contributed by atoms with E-state index in [0.717, 1.165) is 18.5 Å². The molecule has 0 radical (unpaired) electrons. The lowest BCUT2D eigenvalue weighted by Gasteiger charge is -2.23. The molecule has 1 N–H and O–H groups in total. The Bertz CT molecular complexity index is 689. The van der Waals surface area contributed by atoms with Crippen LogP contribution >= 0.6 is 0 Å². The quantitative estimate of drug-likeness (QED) is 0.905. The summed E-state index contributed by atoms with van der Waals surface area (Å²) in [6.07, 6.45) is 3.49. The highest BCUT2D eigenvalue weighted by molar-refractivity contribution is 5.98. The van der Waals surface area contributed by atoms with Gasteiger partial charge in [0.05, 0.1) is 30.1 Å². The largest absolute Gasteiger partial charge is 0.381 e. The predicted octanol–water partition coefficient (Wildman–Crippen LogP) is 3.50. The van der Waals surface area contributed by atoms with Gasteiger partial charge in [-0.15, -0.1) is 0 Å². The van der Waals surface area contributed by atoms with E-state index < -0.39 is 0 Å². The lowest BCUT2D eigenvalue weighted by molar-refractivity contribution is 0.110. The zero-order valence-electron chi connectivity index (χ0n) is 12.1. The average Bonchev–Trinajstić information content (AvgIpc) is 3.27. The van der Waals surface area contributed by atoms with Crippen LogP contribution in [0.15, 0.2) is 12.1 Å². The number of nitrogens with zero attached hydrogens (tertiary/aromatic N) is 1. The number of benzene rings is 1. The van der Waals surface area contributed by atoms with Crippen molar-refractivity contribution < 1.29 is 4.74 Å². The van der Waals surface area contributed by atoms with Crippen molar-refractivity contribution in [3.8, 4) is 0 Å². The Morgan fingerprint density at radius 3 is 2.80 bits per heavy atom. The molecule has 0 unspecified atom stereocenters. The van der Waals surface area contributed by atoms with Crippen molar-refractivity contribution in [3.63, 3.8) is 0 Å². The summed E-state index contributed by atoms with van der Waals surface area (Å²) in [5.74, 6) is 0. The molecule has 2 aromatic rings. The predicted molar refractivity (Wildman–Crippen MR) is 81.2 cm³/mol. The second-order valence-corrected chi connectivity index (χ2v) is 6.06. The third-order valence-corrected chi connectivity index (χ3v) is 4.39. The minimum Gasteiger partial charge on any atom is -0.381 e. The van der Waals surface area contributed by atoms with Crippen LogP contribution in [-0.2, 0) is 17.8 Å². The Hall–Kier alpha value is -1.61. The molecule has 1 saturated carbocycles. The number of rotatable bonds is 2. The number of hydrogen-bond acceptors (Lipinski definition) is 3. The molecule has 0 amide bonds. The topological polar surface area (TPSA) is 34.2 Å². The molecular formula is C17H20N2O. The molecule has 3 heteroatoms. The molecule has 1 aliphatic heterocycles. The zero-order chi connectivity index (χ0) is 13.7. The molecule has 4 rings (SSSR count). The van der Waals surface area contributed by atoms with E-state index in [-0.39, 0.29) is 0 Å². The van der Waals surface area contributed by atoms with E-state index in [1.165, 1.54) is 46.3 Å². The van der Waals surface area contributed by atoms with Gasteiger partial charge in [0.2, 0.25) is 0 Å². The minimum absolute atomic E-state index is 0.645. The Kier molecular flexibility index (Phi) is 2.71. The van der Waals surface area contributed by atoms with E-state index in [2.05, 4.69) is 31.3 Å². The van der Waals surface area contributed by atoms with Crippen LogP contribution < -0.4 is 5.32 Å². The summed E-state index contributed by atoms with van der Waals surface area (Å²) in [6, 6.07) is 5.02. The van der Waals surface area contributed by atoms with Gasteiger partial charge in [-0.05, 0) is 37.8 Å². The van der Waals surface area contributed by atoms with E-state index in [1.54, 1.807) is 0 Å². The van der Waals surface area contributed by atoms with Crippen LogP contribution in [0.25, 0.3) is 10.9 Å².